The molecule has 0 aromatic carbocycles. The molecule has 84 valence electrons. The molecule has 0 saturated heterocycles. The summed E-state index contributed by atoms with van der Waals surface area (Å²) in [5.41, 5.74) is -4.28. The topological polar surface area (TPSA) is 37.8 Å². The highest BCUT2D eigenvalue weighted by atomic mass is 32.2. The molecular formula is C7H8F3N3S2. The van der Waals surface area contributed by atoms with Gasteiger partial charge in [0.15, 0.2) is 4.34 Å². The first-order chi connectivity index (χ1) is 7.03. The van der Waals surface area contributed by atoms with Crippen LogP contribution in [-0.4, -0.2) is 21.7 Å². The third-order valence-electron chi connectivity index (χ3n) is 1.77. The van der Waals surface area contributed by atoms with Gasteiger partial charge >= 0.3 is 5.51 Å². The van der Waals surface area contributed by atoms with E-state index in [4.69, 9.17) is 0 Å². The van der Waals surface area contributed by atoms with Gasteiger partial charge in [0.25, 0.3) is 0 Å². The quantitative estimate of drug-likeness (QED) is 0.838. The van der Waals surface area contributed by atoms with Crippen LogP contribution >= 0.6 is 23.1 Å². The van der Waals surface area contributed by atoms with Crippen molar-refractivity contribution in [3.05, 3.63) is 5.01 Å². The summed E-state index contributed by atoms with van der Waals surface area (Å²) in [5, 5.41) is 10.9. The molecule has 1 saturated carbocycles. The lowest BCUT2D eigenvalue weighted by atomic mass is 10.6. The molecule has 0 aliphatic heterocycles. The van der Waals surface area contributed by atoms with Crippen molar-refractivity contribution in [3.63, 3.8) is 0 Å². The normalized spacial score (nSPS) is 17.0. The van der Waals surface area contributed by atoms with Crippen LogP contribution in [0.1, 0.15) is 17.8 Å². The number of nitrogens with one attached hydrogen (secondary N) is 1. The minimum absolute atomic E-state index is 0.0462. The summed E-state index contributed by atoms with van der Waals surface area (Å²) in [6.07, 6.45) is 2.28. The van der Waals surface area contributed by atoms with Gasteiger partial charge < -0.3 is 5.32 Å². The summed E-state index contributed by atoms with van der Waals surface area (Å²) in [7, 11) is 0. The van der Waals surface area contributed by atoms with Crippen LogP contribution in [0.5, 0.6) is 0 Å². The van der Waals surface area contributed by atoms with Crippen LogP contribution in [0.25, 0.3) is 0 Å². The van der Waals surface area contributed by atoms with Crippen LogP contribution in [0.3, 0.4) is 0 Å². The molecule has 1 aliphatic carbocycles. The molecule has 3 nitrogen and oxygen atoms in total. The van der Waals surface area contributed by atoms with Crippen molar-refractivity contribution in [2.45, 2.75) is 35.3 Å². The number of hydrogen-bond donors (Lipinski definition) is 1. The number of aromatic nitrogens is 2. The number of nitrogens with zero attached hydrogens (tertiary/aromatic N) is 2. The summed E-state index contributed by atoms with van der Waals surface area (Å²) in [6, 6.07) is 0.521. The van der Waals surface area contributed by atoms with E-state index in [9.17, 15) is 13.2 Å². The molecule has 0 unspecified atom stereocenters. The molecule has 8 heteroatoms. The van der Waals surface area contributed by atoms with Gasteiger partial charge in [-0.25, -0.2) is 0 Å². The van der Waals surface area contributed by atoms with Crippen LogP contribution < -0.4 is 5.32 Å². The Morgan fingerprint density at radius 1 is 1.40 bits per heavy atom. The molecule has 2 rings (SSSR count). The van der Waals surface area contributed by atoms with E-state index in [1.165, 1.54) is 0 Å². The van der Waals surface area contributed by atoms with E-state index in [-0.39, 0.29) is 16.1 Å². The predicted molar refractivity (Wildman–Crippen MR) is 51.7 cm³/mol. The highest BCUT2D eigenvalue weighted by Crippen LogP contribution is 2.38. The number of rotatable bonds is 4. The van der Waals surface area contributed by atoms with Crippen molar-refractivity contribution >= 4 is 23.1 Å². The van der Waals surface area contributed by atoms with E-state index >= 15 is 0 Å². The zero-order valence-corrected chi connectivity index (χ0v) is 9.18. The Kier molecular flexibility index (Phi) is 3.17. The fraction of sp³-hybridized carbons (Fsp3) is 0.714. The highest BCUT2D eigenvalue weighted by molar-refractivity contribution is 8.01. The molecule has 1 fully saturated rings. The van der Waals surface area contributed by atoms with E-state index in [0.717, 1.165) is 24.2 Å². The van der Waals surface area contributed by atoms with Crippen LogP contribution in [-0.2, 0) is 6.54 Å². The van der Waals surface area contributed by atoms with Crippen molar-refractivity contribution in [1.82, 2.24) is 15.5 Å². The van der Waals surface area contributed by atoms with E-state index in [0.29, 0.717) is 17.6 Å². The number of hydrogen-bond acceptors (Lipinski definition) is 5. The Hall–Kier alpha value is -0.340. The molecule has 0 radical (unpaired) electrons. The average Bonchev–Trinajstić information content (AvgIpc) is 2.83. The molecular weight excluding hydrogens is 247 g/mol. The molecule has 1 N–H and O–H groups in total. The van der Waals surface area contributed by atoms with Gasteiger partial charge in [0, 0.05) is 24.3 Å². The van der Waals surface area contributed by atoms with Gasteiger partial charge in [0.1, 0.15) is 5.01 Å². The van der Waals surface area contributed by atoms with Gasteiger partial charge in [-0.15, -0.1) is 10.2 Å². The summed E-state index contributed by atoms with van der Waals surface area (Å²) in [6.45, 7) is 0.515. The van der Waals surface area contributed by atoms with E-state index in [1.54, 1.807) is 0 Å². The van der Waals surface area contributed by atoms with E-state index in [1.807, 2.05) is 0 Å². The Morgan fingerprint density at radius 3 is 2.73 bits per heavy atom. The lowest BCUT2D eigenvalue weighted by Crippen LogP contribution is -2.14. The monoisotopic (exact) mass is 255 g/mol. The summed E-state index contributed by atoms with van der Waals surface area (Å²) in [4.78, 5) is 0. The molecule has 1 aromatic heterocycles. The Morgan fingerprint density at radius 2 is 2.13 bits per heavy atom. The maximum Gasteiger partial charge on any atom is 0.448 e. The summed E-state index contributed by atoms with van der Waals surface area (Å²) < 4.78 is 35.8. The number of alkyl halides is 3. The highest BCUT2D eigenvalue weighted by Gasteiger charge is 2.31. The maximum atomic E-state index is 12.0. The third kappa shape index (κ3) is 3.96. The second-order valence-electron chi connectivity index (χ2n) is 3.16. The zero-order valence-electron chi connectivity index (χ0n) is 7.54. The van der Waals surface area contributed by atoms with Gasteiger partial charge in [-0.1, -0.05) is 11.3 Å². The Balaban J connectivity index is 1.85. The van der Waals surface area contributed by atoms with Gasteiger partial charge in [-0.2, -0.15) is 13.2 Å². The minimum atomic E-state index is -4.28. The van der Waals surface area contributed by atoms with Crippen LogP contribution in [0.15, 0.2) is 4.34 Å². The zero-order chi connectivity index (χ0) is 10.9. The second-order valence-corrected chi connectivity index (χ2v) is 5.54. The second kappa shape index (κ2) is 4.26. The maximum absolute atomic E-state index is 12.0. The lowest BCUT2D eigenvalue weighted by Gasteiger charge is -1.99. The van der Waals surface area contributed by atoms with Crippen LogP contribution in [0.2, 0.25) is 0 Å². The SMILES string of the molecule is FC(F)(F)Sc1nnc(CNC2CC2)s1. The van der Waals surface area contributed by atoms with Crippen molar-refractivity contribution in [2.24, 2.45) is 0 Å². The number of halogens is 3. The first-order valence-electron chi connectivity index (χ1n) is 4.34. The van der Waals surface area contributed by atoms with Crippen LogP contribution in [0.4, 0.5) is 13.2 Å². The van der Waals surface area contributed by atoms with E-state index in [2.05, 4.69) is 15.5 Å². The molecule has 15 heavy (non-hydrogen) atoms. The molecule has 1 aliphatic rings. The molecule has 1 heterocycles. The smallest absolute Gasteiger partial charge is 0.308 e. The molecule has 1 aromatic rings. The standard InChI is InChI=1S/C7H8F3N3S2/c8-7(9,10)15-6-13-12-5(14-6)3-11-4-1-2-4/h4,11H,1-3H2. The van der Waals surface area contributed by atoms with Crippen molar-refractivity contribution in [1.29, 1.82) is 0 Å². The minimum Gasteiger partial charge on any atom is -0.308 e. The predicted octanol–water partition coefficient (Wildman–Crippen LogP) is 2.40. The van der Waals surface area contributed by atoms with E-state index < -0.39 is 5.51 Å². The number of thioether (sulfide) groups is 1. The lowest BCUT2D eigenvalue weighted by molar-refractivity contribution is -0.0328. The van der Waals surface area contributed by atoms with Gasteiger partial charge in [0.2, 0.25) is 0 Å². The summed E-state index contributed by atoms with van der Waals surface area (Å²) in [5.74, 6) is 0. The first kappa shape index (κ1) is 11.2. The van der Waals surface area contributed by atoms with Crippen molar-refractivity contribution in [2.75, 3.05) is 0 Å². The van der Waals surface area contributed by atoms with Gasteiger partial charge in [0.05, 0.1) is 0 Å². The van der Waals surface area contributed by atoms with Crippen molar-refractivity contribution in [3.8, 4) is 0 Å². The molecule has 0 amide bonds. The van der Waals surface area contributed by atoms with Gasteiger partial charge in [-0.05, 0) is 12.8 Å². The first-order valence-corrected chi connectivity index (χ1v) is 5.98. The fourth-order valence-electron chi connectivity index (χ4n) is 0.969. The molecule has 0 atom stereocenters. The Labute approximate surface area is 92.5 Å². The third-order valence-corrected chi connectivity index (χ3v) is 3.48. The molecule has 0 bridgehead atoms. The Bertz CT molecular complexity index is 334. The average molecular weight is 255 g/mol. The molecule has 0 spiro atoms. The largest absolute Gasteiger partial charge is 0.448 e. The fourth-order valence-corrected chi connectivity index (χ4v) is 2.51. The van der Waals surface area contributed by atoms with Crippen molar-refractivity contribution < 1.29 is 13.2 Å². The van der Waals surface area contributed by atoms with Crippen LogP contribution in [0, 0.1) is 0 Å². The van der Waals surface area contributed by atoms with Gasteiger partial charge in [-0.3, -0.25) is 0 Å². The summed E-state index contributed by atoms with van der Waals surface area (Å²) >= 11 is 0.776.